The standard InChI is InChI=1S/C14H12F3N3O2/c1-22-11-6-5-10(14(15,16)17)12(20-11)8-3-2-4-9(7-8)19-13(18)21/h2-7H,1H3,(H3,18,19,21). The third kappa shape index (κ3) is 3.46. The third-order valence-corrected chi connectivity index (χ3v) is 2.79. The van der Waals surface area contributed by atoms with Crippen molar-refractivity contribution in [3.05, 3.63) is 42.0 Å². The molecule has 2 rings (SSSR count). The summed E-state index contributed by atoms with van der Waals surface area (Å²) in [7, 11) is 1.31. The summed E-state index contributed by atoms with van der Waals surface area (Å²) in [5.74, 6) is 0.0521. The van der Waals surface area contributed by atoms with Crippen LogP contribution in [0, 0.1) is 0 Å². The number of amides is 2. The minimum atomic E-state index is -4.57. The molecule has 2 aromatic rings. The molecule has 0 atom stereocenters. The van der Waals surface area contributed by atoms with Gasteiger partial charge in [0.2, 0.25) is 5.88 Å². The molecule has 22 heavy (non-hydrogen) atoms. The molecule has 1 aromatic carbocycles. The minimum absolute atomic E-state index is 0.0521. The van der Waals surface area contributed by atoms with E-state index in [1.165, 1.54) is 31.4 Å². The molecule has 0 unspecified atom stereocenters. The lowest BCUT2D eigenvalue weighted by Gasteiger charge is -2.14. The van der Waals surface area contributed by atoms with Crippen LogP contribution in [0.5, 0.6) is 5.88 Å². The van der Waals surface area contributed by atoms with Gasteiger partial charge in [-0.25, -0.2) is 9.78 Å². The van der Waals surface area contributed by atoms with Crippen molar-refractivity contribution in [3.63, 3.8) is 0 Å². The highest BCUT2D eigenvalue weighted by molar-refractivity contribution is 5.88. The summed E-state index contributed by atoms with van der Waals surface area (Å²) in [5.41, 5.74) is 4.25. The predicted molar refractivity (Wildman–Crippen MR) is 74.4 cm³/mol. The van der Waals surface area contributed by atoms with E-state index in [9.17, 15) is 18.0 Å². The fraction of sp³-hybridized carbons (Fsp3) is 0.143. The number of methoxy groups -OCH3 is 1. The maximum Gasteiger partial charge on any atom is 0.418 e. The van der Waals surface area contributed by atoms with E-state index in [1.54, 1.807) is 0 Å². The molecule has 0 saturated heterocycles. The zero-order chi connectivity index (χ0) is 16.3. The summed E-state index contributed by atoms with van der Waals surface area (Å²) < 4.78 is 44.2. The van der Waals surface area contributed by atoms with Gasteiger partial charge in [0.05, 0.1) is 18.4 Å². The number of anilines is 1. The third-order valence-electron chi connectivity index (χ3n) is 2.79. The van der Waals surface area contributed by atoms with Gasteiger partial charge >= 0.3 is 12.2 Å². The normalized spacial score (nSPS) is 11.1. The van der Waals surface area contributed by atoms with Crippen LogP contribution in [0.4, 0.5) is 23.7 Å². The highest BCUT2D eigenvalue weighted by Crippen LogP contribution is 2.37. The molecule has 0 aliphatic carbocycles. The van der Waals surface area contributed by atoms with Crippen LogP contribution in [0.1, 0.15) is 5.56 Å². The van der Waals surface area contributed by atoms with Crippen LogP contribution in [0.2, 0.25) is 0 Å². The van der Waals surface area contributed by atoms with Crippen LogP contribution in [0.3, 0.4) is 0 Å². The number of carbonyl (C=O) groups is 1. The number of ether oxygens (including phenoxy) is 1. The number of aromatic nitrogens is 1. The molecular weight excluding hydrogens is 299 g/mol. The van der Waals surface area contributed by atoms with Crippen LogP contribution in [-0.4, -0.2) is 18.1 Å². The molecule has 0 bridgehead atoms. The summed E-state index contributed by atoms with van der Waals surface area (Å²) >= 11 is 0. The lowest BCUT2D eigenvalue weighted by molar-refractivity contribution is -0.137. The molecule has 0 aliphatic heterocycles. The van der Waals surface area contributed by atoms with E-state index in [4.69, 9.17) is 10.5 Å². The van der Waals surface area contributed by atoms with Crippen molar-refractivity contribution in [2.75, 3.05) is 12.4 Å². The molecule has 0 saturated carbocycles. The van der Waals surface area contributed by atoms with E-state index < -0.39 is 17.8 Å². The highest BCUT2D eigenvalue weighted by Gasteiger charge is 2.34. The molecule has 0 radical (unpaired) electrons. The number of nitrogens with two attached hydrogens (primary N) is 1. The lowest BCUT2D eigenvalue weighted by Crippen LogP contribution is -2.19. The van der Waals surface area contributed by atoms with E-state index in [0.29, 0.717) is 0 Å². The second kappa shape index (κ2) is 5.92. The first-order valence-corrected chi connectivity index (χ1v) is 6.10. The fourth-order valence-corrected chi connectivity index (χ4v) is 1.89. The Morgan fingerprint density at radius 3 is 2.59 bits per heavy atom. The number of carbonyl (C=O) groups excluding carboxylic acids is 1. The van der Waals surface area contributed by atoms with Crippen molar-refractivity contribution in [3.8, 4) is 17.1 Å². The Hall–Kier alpha value is -2.77. The van der Waals surface area contributed by atoms with Crippen molar-refractivity contribution in [1.82, 2.24) is 4.98 Å². The van der Waals surface area contributed by atoms with Gasteiger partial charge in [-0.05, 0) is 18.2 Å². The number of alkyl halides is 3. The molecule has 0 fully saturated rings. The Kier molecular flexibility index (Phi) is 4.20. The van der Waals surface area contributed by atoms with Crippen molar-refractivity contribution in [2.24, 2.45) is 5.73 Å². The SMILES string of the molecule is COc1ccc(C(F)(F)F)c(-c2cccc(NC(N)=O)c2)n1. The second-order valence-electron chi connectivity index (χ2n) is 4.32. The number of halogens is 3. The second-order valence-corrected chi connectivity index (χ2v) is 4.32. The zero-order valence-corrected chi connectivity index (χ0v) is 11.4. The molecule has 0 aliphatic rings. The van der Waals surface area contributed by atoms with Crippen LogP contribution < -0.4 is 15.8 Å². The van der Waals surface area contributed by atoms with Crippen molar-refractivity contribution >= 4 is 11.7 Å². The maximum absolute atomic E-state index is 13.1. The first-order chi connectivity index (χ1) is 10.3. The van der Waals surface area contributed by atoms with E-state index in [2.05, 4.69) is 10.3 Å². The number of nitrogens with zero attached hydrogens (tertiary/aromatic N) is 1. The van der Waals surface area contributed by atoms with E-state index in [1.807, 2.05) is 0 Å². The number of pyridine rings is 1. The van der Waals surface area contributed by atoms with Gasteiger partial charge in [-0.1, -0.05) is 12.1 Å². The smallest absolute Gasteiger partial charge is 0.418 e. The summed E-state index contributed by atoms with van der Waals surface area (Å²) in [6.45, 7) is 0. The molecule has 0 spiro atoms. The summed E-state index contributed by atoms with van der Waals surface area (Å²) in [6.07, 6.45) is -4.57. The van der Waals surface area contributed by atoms with E-state index in [-0.39, 0.29) is 22.8 Å². The van der Waals surface area contributed by atoms with E-state index >= 15 is 0 Å². The van der Waals surface area contributed by atoms with Gasteiger partial charge in [0.15, 0.2) is 0 Å². The number of hydrogen-bond donors (Lipinski definition) is 2. The average molecular weight is 311 g/mol. The molecule has 1 aromatic heterocycles. The summed E-state index contributed by atoms with van der Waals surface area (Å²) in [5, 5.41) is 2.30. The Morgan fingerprint density at radius 2 is 2.00 bits per heavy atom. The Balaban J connectivity index is 2.57. The van der Waals surface area contributed by atoms with Gasteiger partial charge in [0, 0.05) is 17.3 Å². The van der Waals surface area contributed by atoms with Crippen molar-refractivity contribution in [1.29, 1.82) is 0 Å². The van der Waals surface area contributed by atoms with Crippen LogP contribution in [-0.2, 0) is 6.18 Å². The maximum atomic E-state index is 13.1. The summed E-state index contributed by atoms with van der Waals surface area (Å²) in [4.78, 5) is 14.7. The number of hydrogen-bond acceptors (Lipinski definition) is 3. The number of rotatable bonds is 3. The van der Waals surface area contributed by atoms with Gasteiger partial charge < -0.3 is 15.8 Å². The molecule has 8 heteroatoms. The highest BCUT2D eigenvalue weighted by atomic mass is 19.4. The average Bonchev–Trinajstić information content (AvgIpc) is 2.45. The number of nitrogens with one attached hydrogen (secondary N) is 1. The Labute approximate surface area is 123 Å². The van der Waals surface area contributed by atoms with Crippen molar-refractivity contribution in [2.45, 2.75) is 6.18 Å². The summed E-state index contributed by atoms with van der Waals surface area (Å²) in [6, 6.07) is 7.01. The van der Waals surface area contributed by atoms with Gasteiger partial charge in [-0.3, -0.25) is 0 Å². The first-order valence-electron chi connectivity index (χ1n) is 6.10. The van der Waals surface area contributed by atoms with Crippen LogP contribution >= 0.6 is 0 Å². The van der Waals surface area contributed by atoms with Gasteiger partial charge in [0.25, 0.3) is 0 Å². The van der Waals surface area contributed by atoms with Gasteiger partial charge in [-0.15, -0.1) is 0 Å². The monoisotopic (exact) mass is 311 g/mol. The molecule has 3 N–H and O–H groups in total. The van der Waals surface area contributed by atoms with Crippen molar-refractivity contribution < 1.29 is 22.7 Å². The largest absolute Gasteiger partial charge is 0.481 e. The van der Waals surface area contributed by atoms with Gasteiger partial charge in [0.1, 0.15) is 0 Å². The molecule has 116 valence electrons. The van der Waals surface area contributed by atoms with Crippen LogP contribution in [0.15, 0.2) is 36.4 Å². The first kappa shape index (κ1) is 15.6. The topological polar surface area (TPSA) is 77.2 Å². The molecule has 1 heterocycles. The quantitative estimate of drug-likeness (QED) is 0.913. The molecule has 2 amide bonds. The molecule has 5 nitrogen and oxygen atoms in total. The van der Waals surface area contributed by atoms with Gasteiger partial charge in [-0.2, -0.15) is 13.2 Å². The minimum Gasteiger partial charge on any atom is -0.481 e. The van der Waals surface area contributed by atoms with Crippen LogP contribution in [0.25, 0.3) is 11.3 Å². The van der Waals surface area contributed by atoms with E-state index in [0.717, 1.165) is 12.1 Å². The number of urea groups is 1. The number of primary amides is 1. The Bertz CT molecular complexity index is 702. The fourth-order valence-electron chi connectivity index (χ4n) is 1.89. The number of benzene rings is 1. The lowest BCUT2D eigenvalue weighted by atomic mass is 10.0. The zero-order valence-electron chi connectivity index (χ0n) is 11.4. The molecular formula is C14H12F3N3O2. The Morgan fingerprint density at radius 1 is 1.27 bits per heavy atom. The predicted octanol–water partition coefficient (Wildman–Crippen LogP) is 3.27.